The SMILES string of the molecule is [N]=C1/C(=C\c2ccccc2)Cn2c1nc1ccccc1c2=O. The van der Waals surface area contributed by atoms with Crippen molar-refractivity contribution in [3.05, 3.63) is 81.9 Å². The van der Waals surface area contributed by atoms with Gasteiger partial charge in [0, 0.05) is 5.57 Å². The molecule has 105 valence electrons. The lowest BCUT2D eigenvalue weighted by Gasteiger charge is -2.02. The first-order chi connectivity index (χ1) is 10.7. The van der Waals surface area contributed by atoms with E-state index in [0.717, 1.165) is 5.56 Å². The van der Waals surface area contributed by atoms with Gasteiger partial charge >= 0.3 is 0 Å². The van der Waals surface area contributed by atoms with Crippen LogP contribution in [0.2, 0.25) is 0 Å². The Balaban J connectivity index is 1.89. The van der Waals surface area contributed by atoms with Gasteiger partial charge in [0.1, 0.15) is 5.71 Å². The summed E-state index contributed by atoms with van der Waals surface area (Å²) in [5.74, 6) is 0.339. The van der Waals surface area contributed by atoms with Crippen LogP contribution in [0.25, 0.3) is 17.0 Å². The highest BCUT2D eigenvalue weighted by molar-refractivity contribution is 6.14. The molecule has 0 unspecified atom stereocenters. The highest BCUT2D eigenvalue weighted by Gasteiger charge is 2.26. The summed E-state index contributed by atoms with van der Waals surface area (Å²) >= 11 is 0. The van der Waals surface area contributed by atoms with E-state index in [1.54, 1.807) is 12.1 Å². The molecule has 2 heterocycles. The van der Waals surface area contributed by atoms with E-state index in [2.05, 4.69) is 4.98 Å². The van der Waals surface area contributed by atoms with E-state index < -0.39 is 0 Å². The summed E-state index contributed by atoms with van der Waals surface area (Å²) in [6, 6.07) is 16.9. The third kappa shape index (κ3) is 1.89. The van der Waals surface area contributed by atoms with E-state index >= 15 is 0 Å². The molecule has 0 atom stereocenters. The second-order valence-corrected chi connectivity index (χ2v) is 5.27. The molecule has 2 aromatic carbocycles. The Morgan fingerprint density at radius 1 is 1.05 bits per heavy atom. The fraction of sp³-hybridized carbons (Fsp3) is 0.0556. The largest absolute Gasteiger partial charge is 0.286 e. The van der Waals surface area contributed by atoms with Crippen LogP contribution in [0, 0.1) is 0 Å². The quantitative estimate of drug-likeness (QED) is 0.687. The van der Waals surface area contributed by atoms with Crippen molar-refractivity contribution >= 4 is 22.7 Å². The van der Waals surface area contributed by atoms with E-state index in [9.17, 15) is 10.2 Å². The van der Waals surface area contributed by atoms with Crippen molar-refractivity contribution in [3.63, 3.8) is 0 Å². The van der Waals surface area contributed by atoms with Crippen LogP contribution < -0.4 is 11.0 Å². The van der Waals surface area contributed by atoms with Crippen LogP contribution in [0.15, 0.2) is 65.0 Å². The highest BCUT2D eigenvalue weighted by Crippen LogP contribution is 2.20. The maximum atomic E-state index is 12.5. The van der Waals surface area contributed by atoms with Gasteiger partial charge in [-0.3, -0.25) is 9.36 Å². The van der Waals surface area contributed by atoms with Crippen molar-refractivity contribution in [2.75, 3.05) is 0 Å². The minimum atomic E-state index is -0.122. The number of para-hydroxylation sites is 1. The first kappa shape index (κ1) is 12.7. The summed E-state index contributed by atoms with van der Waals surface area (Å²) < 4.78 is 1.52. The minimum Gasteiger partial charge on any atom is -0.286 e. The zero-order valence-electron chi connectivity index (χ0n) is 11.7. The predicted octanol–water partition coefficient (Wildman–Crippen LogP) is 2.08. The zero-order chi connectivity index (χ0) is 15.1. The molecule has 4 heteroatoms. The molecular formula is C18H12N3O. The third-order valence-electron chi connectivity index (χ3n) is 3.85. The van der Waals surface area contributed by atoms with Crippen LogP contribution in [-0.2, 0) is 6.54 Å². The van der Waals surface area contributed by atoms with E-state index in [-0.39, 0.29) is 11.3 Å². The zero-order valence-corrected chi connectivity index (χ0v) is 11.7. The van der Waals surface area contributed by atoms with Gasteiger partial charge in [0.15, 0.2) is 5.82 Å². The van der Waals surface area contributed by atoms with Gasteiger partial charge in [-0.1, -0.05) is 42.5 Å². The molecule has 1 aliphatic heterocycles. The number of allylic oxidation sites excluding steroid dienone is 1. The van der Waals surface area contributed by atoms with Gasteiger partial charge < -0.3 is 0 Å². The second kappa shape index (κ2) is 4.77. The maximum Gasteiger partial charge on any atom is 0.262 e. The lowest BCUT2D eigenvalue weighted by Crippen LogP contribution is -2.21. The van der Waals surface area contributed by atoms with Gasteiger partial charge in [-0.2, -0.15) is 0 Å². The monoisotopic (exact) mass is 286 g/mol. The lowest BCUT2D eigenvalue weighted by atomic mass is 10.1. The Hall–Kier alpha value is -3.01. The van der Waals surface area contributed by atoms with Crippen molar-refractivity contribution in [2.24, 2.45) is 0 Å². The first-order valence-electron chi connectivity index (χ1n) is 7.06. The lowest BCUT2D eigenvalue weighted by molar-refractivity contribution is 0.779. The van der Waals surface area contributed by atoms with Crippen LogP contribution in [0.1, 0.15) is 11.4 Å². The number of rotatable bonds is 1. The van der Waals surface area contributed by atoms with Gasteiger partial charge in [0.25, 0.3) is 5.56 Å². The number of hydrogen-bond acceptors (Lipinski definition) is 2. The van der Waals surface area contributed by atoms with Crippen molar-refractivity contribution in [1.29, 1.82) is 0 Å². The topological polar surface area (TPSA) is 57.2 Å². The summed E-state index contributed by atoms with van der Waals surface area (Å²) in [4.78, 5) is 17.0. The van der Waals surface area contributed by atoms with Crippen LogP contribution in [0.3, 0.4) is 0 Å². The predicted molar refractivity (Wildman–Crippen MR) is 86.7 cm³/mol. The van der Waals surface area contributed by atoms with Crippen molar-refractivity contribution < 1.29 is 0 Å². The molecule has 0 bridgehead atoms. The van der Waals surface area contributed by atoms with Crippen LogP contribution in [0.4, 0.5) is 0 Å². The fourth-order valence-electron chi connectivity index (χ4n) is 2.75. The first-order valence-corrected chi connectivity index (χ1v) is 7.06. The van der Waals surface area contributed by atoms with Crippen molar-refractivity contribution in [1.82, 2.24) is 15.0 Å². The van der Waals surface area contributed by atoms with Crippen LogP contribution in [-0.4, -0.2) is 15.3 Å². The Labute approximate surface area is 126 Å². The number of aromatic nitrogens is 2. The standard InChI is InChI=1S/C18H12N3O/c19-16-13(10-12-6-2-1-3-7-12)11-21-17(16)20-15-9-5-4-8-14(15)18(21)22/h1-10H,11H2/b13-10-. The summed E-state index contributed by atoms with van der Waals surface area (Å²) in [5, 5.41) is 11.0. The molecule has 0 amide bonds. The molecule has 0 saturated heterocycles. The molecule has 1 aliphatic rings. The number of fused-ring (bicyclic) bond motifs is 2. The van der Waals surface area contributed by atoms with Crippen molar-refractivity contribution in [2.45, 2.75) is 6.54 Å². The van der Waals surface area contributed by atoms with Crippen LogP contribution >= 0.6 is 0 Å². The summed E-state index contributed by atoms with van der Waals surface area (Å²) in [5.41, 5.74) is 2.24. The van der Waals surface area contributed by atoms with Crippen molar-refractivity contribution in [3.8, 4) is 0 Å². The average molecular weight is 286 g/mol. The van der Waals surface area contributed by atoms with E-state index in [1.807, 2.05) is 48.5 Å². The Morgan fingerprint density at radius 2 is 1.77 bits per heavy atom. The smallest absolute Gasteiger partial charge is 0.262 e. The van der Waals surface area contributed by atoms with E-state index in [1.165, 1.54) is 4.57 Å². The minimum absolute atomic E-state index is 0.0757. The third-order valence-corrected chi connectivity index (χ3v) is 3.85. The molecule has 0 fully saturated rings. The Kier molecular flexibility index (Phi) is 2.76. The molecular weight excluding hydrogens is 274 g/mol. The van der Waals surface area contributed by atoms with E-state index in [4.69, 9.17) is 0 Å². The Morgan fingerprint density at radius 3 is 2.59 bits per heavy atom. The molecule has 3 aromatic rings. The van der Waals surface area contributed by atoms with Gasteiger partial charge in [-0.05, 0) is 23.8 Å². The summed E-state index contributed by atoms with van der Waals surface area (Å²) in [7, 11) is 0. The molecule has 0 aliphatic carbocycles. The maximum absolute atomic E-state index is 12.5. The molecule has 4 nitrogen and oxygen atoms in total. The summed E-state index contributed by atoms with van der Waals surface area (Å²) in [6.45, 7) is 0.340. The molecule has 0 spiro atoms. The second-order valence-electron chi connectivity index (χ2n) is 5.27. The number of nitrogens with zero attached hydrogens (tertiary/aromatic N) is 3. The summed E-state index contributed by atoms with van der Waals surface area (Å²) in [6.07, 6.45) is 1.88. The normalized spacial score (nSPS) is 15.5. The molecule has 1 aromatic heterocycles. The van der Waals surface area contributed by atoms with Gasteiger partial charge in [-0.15, -0.1) is 5.41 Å². The van der Waals surface area contributed by atoms with E-state index in [0.29, 0.717) is 28.8 Å². The Bertz CT molecular complexity index is 984. The number of benzene rings is 2. The highest BCUT2D eigenvalue weighted by atomic mass is 16.1. The molecule has 0 saturated carbocycles. The molecule has 0 N–H and O–H groups in total. The molecule has 22 heavy (non-hydrogen) atoms. The van der Waals surface area contributed by atoms with Gasteiger partial charge in [-0.25, -0.2) is 4.98 Å². The number of hydrogen-bond donors (Lipinski definition) is 0. The van der Waals surface area contributed by atoms with Crippen LogP contribution in [0.5, 0.6) is 0 Å². The molecule has 1 radical (unpaired) electrons. The fourth-order valence-corrected chi connectivity index (χ4v) is 2.75. The average Bonchev–Trinajstić information content (AvgIpc) is 2.86. The van der Waals surface area contributed by atoms with Gasteiger partial charge in [0.05, 0.1) is 17.4 Å². The van der Waals surface area contributed by atoms with Gasteiger partial charge in [0.2, 0.25) is 0 Å². The molecule has 4 rings (SSSR count).